The van der Waals surface area contributed by atoms with E-state index in [2.05, 4.69) is 4.99 Å². The maximum atomic E-state index is 13.0. The fourth-order valence-electron chi connectivity index (χ4n) is 3.76. The number of rotatable bonds is 4. The van der Waals surface area contributed by atoms with E-state index in [9.17, 15) is 18.0 Å². The van der Waals surface area contributed by atoms with Crippen LogP contribution in [0.1, 0.15) is 19.3 Å². The third kappa shape index (κ3) is 4.46. The number of carbonyl (C=O) groups excluding carboxylic acids is 2. The van der Waals surface area contributed by atoms with Crippen LogP contribution in [0.2, 0.25) is 0 Å². The van der Waals surface area contributed by atoms with E-state index in [-0.39, 0.29) is 11.3 Å². The van der Waals surface area contributed by atoms with Crippen LogP contribution in [0.25, 0.3) is 10.2 Å². The van der Waals surface area contributed by atoms with Crippen LogP contribution >= 0.6 is 11.3 Å². The summed E-state index contributed by atoms with van der Waals surface area (Å²) in [6, 6.07) is 2.69. The molecule has 1 fully saturated rings. The quantitative estimate of drug-likeness (QED) is 0.611. The number of fused-ring (bicyclic) bond motifs is 2. The van der Waals surface area contributed by atoms with Gasteiger partial charge >= 0.3 is 5.97 Å². The van der Waals surface area contributed by atoms with Gasteiger partial charge in [0.1, 0.15) is 25.8 Å². The predicted molar refractivity (Wildman–Crippen MR) is 113 cm³/mol. The second-order valence-electron chi connectivity index (χ2n) is 7.35. The van der Waals surface area contributed by atoms with E-state index in [0.717, 1.165) is 17.4 Å². The number of nitrogens with zero attached hydrogens (tertiary/aromatic N) is 3. The number of piperidine rings is 1. The van der Waals surface area contributed by atoms with Crippen molar-refractivity contribution >= 4 is 43.5 Å². The van der Waals surface area contributed by atoms with Gasteiger partial charge in [-0.1, -0.05) is 17.8 Å². The van der Waals surface area contributed by atoms with Gasteiger partial charge in [0, 0.05) is 18.7 Å². The average Bonchev–Trinajstić information content (AvgIpc) is 3.07. The van der Waals surface area contributed by atoms with Gasteiger partial charge in [0.25, 0.3) is 5.91 Å². The van der Waals surface area contributed by atoms with Crippen LogP contribution in [0.5, 0.6) is 11.5 Å². The van der Waals surface area contributed by atoms with E-state index in [1.54, 1.807) is 16.7 Å². The minimum Gasteiger partial charge on any atom is -0.486 e. The summed E-state index contributed by atoms with van der Waals surface area (Å²) in [6.07, 6.45) is 2.95. The molecule has 0 spiro atoms. The molecule has 1 aromatic heterocycles. The standard InChI is InChI=1S/C19H23N3O7S2/c1-27-17(23)11-21-13-9-14-15(29-8-7-28-14)10-16(13)30-19(21)20-18(24)12-5-3-4-6-22(12)31(2,25)26/h9-10,12H,3-8,11H2,1-2H3. The molecule has 4 rings (SSSR count). The first-order valence-corrected chi connectivity index (χ1v) is 12.5. The number of methoxy groups -OCH3 is 1. The minimum absolute atomic E-state index is 0.150. The summed E-state index contributed by atoms with van der Waals surface area (Å²) < 4.78 is 43.9. The molecule has 1 unspecified atom stereocenters. The molecule has 12 heteroatoms. The Bertz CT molecular complexity index is 1200. The number of carbonyl (C=O) groups is 2. The number of esters is 1. The number of thiazole rings is 1. The Labute approximate surface area is 183 Å². The number of amides is 1. The Morgan fingerprint density at radius 2 is 1.94 bits per heavy atom. The summed E-state index contributed by atoms with van der Waals surface area (Å²) >= 11 is 1.21. The normalized spacial score (nSPS) is 20.1. The molecule has 1 atom stereocenters. The van der Waals surface area contributed by atoms with E-state index in [4.69, 9.17) is 14.2 Å². The van der Waals surface area contributed by atoms with Crippen molar-refractivity contribution in [3.63, 3.8) is 0 Å². The molecule has 0 aliphatic carbocycles. The number of hydrogen-bond donors (Lipinski definition) is 0. The fourth-order valence-corrected chi connectivity index (χ4v) is 5.92. The lowest BCUT2D eigenvalue weighted by molar-refractivity contribution is -0.141. The first-order chi connectivity index (χ1) is 14.8. The number of sulfonamides is 1. The van der Waals surface area contributed by atoms with Gasteiger partial charge in [-0.3, -0.25) is 9.59 Å². The second-order valence-corrected chi connectivity index (χ2v) is 10.3. The summed E-state index contributed by atoms with van der Waals surface area (Å²) in [5.74, 6) is 0.0775. The molecule has 1 amide bonds. The Hall–Kier alpha value is -2.44. The highest BCUT2D eigenvalue weighted by atomic mass is 32.2. The second kappa shape index (κ2) is 8.60. The molecule has 1 saturated heterocycles. The van der Waals surface area contributed by atoms with Gasteiger partial charge in [-0.2, -0.15) is 9.30 Å². The third-order valence-electron chi connectivity index (χ3n) is 5.23. The highest BCUT2D eigenvalue weighted by molar-refractivity contribution is 7.88. The topological polar surface area (TPSA) is 116 Å². The predicted octanol–water partition coefficient (Wildman–Crippen LogP) is 0.888. The summed E-state index contributed by atoms with van der Waals surface area (Å²) in [5, 5.41) is 0. The van der Waals surface area contributed by atoms with Crippen LogP contribution in [0, 0.1) is 0 Å². The van der Waals surface area contributed by atoms with Crippen molar-refractivity contribution in [3.8, 4) is 11.5 Å². The van der Waals surface area contributed by atoms with Crippen LogP contribution in [0.15, 0.2) is 17.1 Å². The maximum Gasteiger partial charge on any atom is 0.325 e. The van der Waals surface area contributed by atoms with Gasteiger partial charge in [0.05, 0.1) is 23.6 Å². The van der Waals surface area contributed by atoms with Crippen molar-refractivity contribution in [2.45, 2.75) is 31.8 Å². The largest absolute Gasteiger partial charge is 0.486 e. The first kappa shape index (κ1) is 21.8. The van der Waals surface area contributed by atoms with Crippen molar-refractivity contribution in [2.24, 2.45) is 4.99 Å². The number of benzene rings is 1. The van der Waals surface area contributed by atoms with Crippen LogP contribution in [-0.2, 0) is 30.9 Å². The highest BCUT2D eigenvalue weighted by Gasteiger charge is 2.34. The van der Waals surface area contributed by atoms with Gasteiger partial charge in [-0.15, -0.1) is 0 Å². The SMILES string of the molecule is COC(=O)Cn1c(=NC(=O)C2CCCCN2S(C)(=O)=O)sc2cc3c(cc21)OCCO3. The Morgan fingerprint density at radius 1 is 1.23 bits per heavy atom. The van der Waals surface area contributed by atoms with Gasteiger partial charge in [-0.05, 0) is 12.8 Å². The Kier molecular flexibility index (Phi) is 6.04. The smallest absolute Gasteiger partial charge is 0.325 e. The zero-order valence-corrected chi connectivity index (χ0v) is 18.8. The number of hydrogen-bond acceptors (Lipinski definition) is 8. The number of aromatic nitrogens is 1. The van der Waals surface area contributed by atoms with E-state index in [0.29, 0.717) is 49.6 Å². The fraction of sp³-hybridized carbons (Fsp3) is 0.526. The molecule has 3 heterocycles. The van der Waals surface area contributed by atoms with Crippen LogP contribution in [0.3, 0.4) is 0 Å². The lowest BCUT2D eigenvalue weighted by Crippen LogP contribution is -2.47. The maximum absolute atomic E-state index is 13.0. The van der Waals surface area contributed by atoms with Crippen molar-refractivity contribution in [3.05, 3.63) is 16.9 Å². The molecule has 2 aliphatic heterocycles. The van der Waals surface area contributed by atoms with E-state index < -0.39 is 27.9 Å². The zero-order valence-electron chi connectivity index (χ0n) is 17.2. The van der Waals surface area contributed by atoms with Gasteiger partial charge < -0.3 is 18.8 Å². The Balaban J connectivity index is 1.81. The van der Waals surface area contributed by atoms with Crippen molar-refractivity contribution in [1.82, 2.24) is 8.87 Å². The van der Waals surface area contributed by atoms with Crippen molar-refractivity contribution < 1.29 is 32.2 Å². The molecule has 168 valence electrons. The lowest BCUT2D eigenvalue weighted by Gasteiger charge is -2.31. The van der Waals surface area contributed by atoms with E-state index >= 15 is 0 Å². The molecule has 31 heavy (non-hydrogen) atoms. The van der Waals surface area contributed by atoms with Crippen LogP contribution in [-0.4, -0.2) is 68.3 Å². The third-order valence-corrected chi connectivity index (χ3v) is 7.56. The summed E-state index contributed by atoms with van der Waals surface area (Å²) in [7, 11) is -2.26. The van der Waals surface area contributed by atoms with Gasteiger partial charge in [-0.25, -0.2) is 8.42 Å². The monoisotopic (exact) mass is 469 g/mol. The van der Waals surface area contributed by atoms with E-state index in [1.165, 1.54) is 22.8 Å². The molecular formula is C19H23N3O7S2. The summed E-state index contributed by atoms with van der Waals surface area (Å²) in [4.78, 5) is 29.6. The molecular weight excluding hydrogens is 446 g/mol. The van der Waals surface area contributed by atoms with Crippen LogP contribution in [0.4, 0.5) is 0 Å². The molecule has 0 radical (unpaired) electrons. The Morgan fingerprint density at radius 3 is 2.61 bits per heavy atom. The zero-order chi connectivity index (χ0) is 22.2. The molecule has 10 nitrogen and oxygen atoms in total. The van der Waals surface area contributed by atoms with E-state index in [1.807, 2.05) is 0 Å². The lowest BCUT2D eigenvalue weighted by atomic mass is 10.0. The molecule has 1 aromatic carbocycles. The molecule has 0 saturated carbocycles. The van der Waals surface area contributed by atoms with Crippen LogP contribution < -0.4 is 14.3 Å². The van der Waals surface area contributed by atoms with Crippen molar-refractivity contribution in [1.29, 1.82) is 0 Å². The molecule has 2 aliphatic rings. The van der Waals surface area contributed by atoms with Crippen molar-refractivity contribution in [2.75, 3.05) is 33.1 Å². The summed E-state index contributed by atoms with van der Waals surface area (Å²) in [6.45, 7) is 0.993. The average molecular weight is 470 g/mol. The molecule has 0 N–H and O–H groups in total. The van der Waals surface area contributed by atoms with Gasteiger partial charge in [0.15, 0.2) is 16.3 Å². The van der Waals surface area contributed by atoms with Gasteiger partial charge in [0.2, 0.25) is 10.0 Å². The highest BCUT2D eigenvalue weighted by Crippen LogP contribution is 2.35. The minimum atomic E-state index is -3.54. The first-order valence-electron chi connectivity index (χ1n) is 9.83. The molecule has 2 aromatic rings. The molecule has 0 bridgehead atoms. The summed E-state index contributed by atoms with van der Waals surface area (Å²) in [5.41, 5.74) is 0.648. The number of ether oxygens (including phenoxy) is 3.